The maximum absolute atomic E-state index is 6.22. The van der Waals surface area contributed by atoms with Crippen molar-refractivity contribution in [3.63, 3.8) is 0 Å². The Bertz CT molecular complexity index is 1020. The van der Waals surface area contributed by atoms with Crippen molar-refractivity contribution in [1.82, 2.24) is 19.6 Å². The molecule has 0 saturated carbocycles. The van der Waals surface area contributed by atoms with Gasteiger partial charge in [0.25, 0.3) is 0 Å². The third kappa shape index (κ3) is 4.33. The van der Waals surface area contributed by atoms with Crippen LogP contribution < -0.4 is 4.74 Å². The van der Waals surface area contributed by atoms with E-state index in [2.05, 4.69) is 17.2 Å². The van der Waals surface area contributed by atoms with Crippen LogP contribution in [-0.2, 0) is 20.8 Å². The van der Waals surface area contributed by atoms with E-state index in [0.29, 0.717) is 26.4 Å². The van der Waals surface area contributed by atoms with Gasteiger partial charge in [-0.15, -0.1) is 0 Å². The average molecular weight is 427 g/mol. The highest BCUT2D eigenvalue weighted by Crippen LogP contribution is 2.35. The summed E-state index contributed by atoms with van der Waals surface area (Å²) in [5.74, 6) is 0.802. The number of rotatable bonds is 1. The lowest BCUT2D eigenvalue weighted by Gasteiger charge is -2.24. The van der Waals surface area contributed by atoms with Gasteiger partial charge in [-0.25, -0.2) is 4.68 Å². The zero-order valence-corrected chi connectivity index (χ0v) is 18.2. The summed E-state index contributed by atoms with van der Waals surface area (Å²) in [7, 11) is 0. The summed E-state index contributed by atoms with van der Waals surface area (Å²) in [6, 6.07) is 6.16. The first-order chi connectivity index (χ1) is 15.2. The molecule has 3 aromatic rings. The lowest BCUT2D eigenvalue weighted by atomic mass is 10.1. The molecule has 3 atom stereocenters. The highest BCUT2D eigenvalue weighted by molar-refractivity contribution is 5.94. The summed E-state index contributed by atoms with van der Waals surface area (Å²) in [6.07, 6.45) is 6.94. The van der Waals surface area contributed by atoms with Crippen molar-refractivity contribution in [1.29, 1.82) is 0 Å². The van der Waals surface area contributed by atoms with E-state index in [1.54, 1.807) is 0 Å². The summed E-state index contributed by atoms with van der Waals surface area (Å²) in [6.45, 7) is 7.19. The van der Waals surface area contributed by atoms with Gasteiger partial charge >= 0.3 is 0 Å². The highest BCUT2D eigenvalue weighted by atomic mass is 16.6. The average Bonchev–Trinajstić information content (AvgIpc) is 3.40. The molecule has 0 amide bonds. The van der Waals surface area contributed by atoms with Crippen molar-refractivity contribution in [2.24, 2.45) is 0 Å². The van der Waals surface area contributed by atoms with Gasteiger partial charge in [-0.3, -0.25) is 4.68 Å². The van der Waals surface area contributed by atoms with Crippen molar-refractivity contribution in [2.75, 3.05) is 26.4 Å². The van der Waals surface area contributed by atoms with Gasteiger partial charge in [0, 0.05) is 23.8 Å². The van der Waals surface area contributed by atoms with Gasteiger partial charge in [-0.2, -0.15) is 10.2 Å². The fourth-order valence-electron chi connectivity index (χ4n) is 4.15. The summed E-state index contributed by atoms with van der Waals surface area (Å²) in [5.41, 5.74) is 2.92. The Kier molecular flexibility index (Phi) is 5.93. The summed E-state index contributed by atoms with van der Waals surface area (Å²) >= 11 is 0. The molecule has 4 heterocycles. The van der Waals surface area contributed by atoms with Crippen LogP contribution in [0.1, 0.15) is 39.3 Å². The monoisotopic (exact) mass is 426 g/mol. The van der Waals surface area contributed by atoms with Gasteiger partial charge < -0.3 is 18.9 Å². The quantitative estimate of drug-likeness (QED) is 0.589. The molecule has 166 valence electrons. The molecule has 1 aromatic carbocycles. The van der Waals surface area contributed by atoms with E-state index in [-0.39, 0.29) is 18.4 Å². The summed E-state index contributed by atoms with van der Waals surface area (Å²) in [5, 5.41) is 10.5. The Labute approximate surface area is 182 Å². The van der Waals surface area contributed by atoms with Crippen LogP contribution in [0.3, 0.4) is 0 Å². The molecule has 2 aliphatic rings. The van der Waals surface area contributed by atoms with E-state index in [4.69, 9.17) is 24.0 Å². The van der Waals surface area contributed by atoms with Crippen molar-refractivity contribution in [2.45, 2.75) is 58.1 Å². The smallest absolute Gasteiger partial charge is 0.150 e. The van der Waals surface area contributed by atoms with E-state index in [1.807, 2.05) is 41.7 Å². The molecule has 4 bridgehead atoms. The first-order valence-corrected chi connectivity index (χ1v) is 11.2. The second-order valence-corrected chi connectivity index (χ2v) is 8.30. The van der Waals surface area contributed by atoms with Crippen LogP contribution in [0, 0.1) is 0 Å². The zero-order chi connectivity index (χ0) is 21.2. The van der Waals surface area contributed by atoms with E-state index >= 15 is 0 Å². The van der Waals surface area contributed by atoms with Gasteiger partial charge in [0.1, 0.15) is 17.5 Å². The lowest BCUT2D eigenvalue weighted by molar-refractivity contribution is -0.0365. The molecule has 0 N–H and O–H groups in total. The van der Waals surface area contributed by atoms with Gasteiger partial charge in [-0.1, -0.05) is 0 Å². The minimum absolute atomic E-state index is 0.0401. The van der Waals surface area contributed by atoms with Crippen LogP contribution in [0.4, 0.5) is 0 Å². The van der Waals surface area contributed by atoms with Crippen LogP contribution in [0.5, 0.6) is 5.75 Å². The Morgan fingerprint density at radius 1 is 1.00 bits per heavy atom. The number of benzene rings is 1. The molecule has 3 unspecified atom stereocenters. The minimum Gasteiger partial charge on any atom is -0.488 e. The van der Waals surface area contributed by atoms with Gasteiger partial charge in [0.15, 0.2) is 6.23 Å². The van der Waals surface area contributed by atoms with Crippen molar-refractivity contribution in [3.8, 4) is 17.0 Å². The number of nitrogens with zero attached hydrogens (tertiary/aromatic N) is 4. The topological polar surface area (TPSA) is 72.6 Å². The number of aromatic nitrogens is 4. The first-order valence-electron chi connectivity index (χ1n) is 11.2. The molecular weight excluding hydrogens is 396 g/mol. The molecule has 31 heavy (non-hydrogen) atoms. The molecule has 0 aliphatic carbocycles. The van der Waals surface area contributed by atoms with Crippen LogP contribution >= 0.6 is 0 Å². The summed E-state index contributed by atoms with van der Waals surface area (Å²) in [4.78, 5) is 0. The normalized spacial score (nSPS) is 25.5. The predicted octanol–water partition coefficient (Wildman–Crippen LogP) is 3.80. The van der Waals surface area contributed by atoms with Crippen molar-refractivity contribution < 1.29 is 18.9 Å². The minimum atomic E-state index is -0.0896. The molecule has 0 radical (unpaired) electrons. The molecule has 8 heteroatoms. The Morgan fingerprint density at radius 2 is 1.94 bits per heavy atom. The lowest BCUT2D eigenvalue weighted by Crippen LogP contribution is -2.30. The highest BCUT2D eigenvalue weighted by Gasteiger charge is 2.23. The second-order valence-electron chi connectivity index (χ2n) is 8.30. The maximum Gasteiger partial charge on any atom is 0.150 e. The van der Waals surface area contributed by atoms with Crippen LogP contribution in [-0.4, -0.2) is 58.2 Å². The largest absolute Gasteiger partial charge is 0.488 e. The SMILES string of the molecule is CC1OCCOCCn2cc(cn2)-c2nn(C3CCCCO3)c3ccc(cc23)OC1C. The fraction of sp³-hybridized carbons (Fsp3) is 0.565. The van der Waals surface area contributed by atoms with Crippen molar-refractivity contribution in [3.05, 3.63) is 30.6 Å². The van der Waals surface area contributed by atoms with Crippen molar-refractivity contribution >= 4 is 10.9 Å². The van der Waals surface area contributed by atoms with Gasteiger partial charge in [0.2, 0.25) is 0 Å². The van der Waals surface area contributed by atoms with E-state index in [1.165, 1.54) is 0 Å². The Hall–Kier alpha value is -2.42. The third-order valence-corrected chi connectivity index (χ3v) is 6.07. The number of ether oxygens (including phenoxy) is 4. The van der Waals surface area contributed by atoms with Crippen LogP contribution in [0.2, 0.25) is 0 Å². The van der Waals surface area contributed by atoms with E-state index in [0.717, 1.165) is 53.8 Å². The molecular formula is C23H30N4O4. The number of hydrogen-bond donors (Lipinski definition) is 0. The molecule has 1 fully saturated rings. The Morgan fingerprint density at radius 3 is 2.81 bits per heavy atom. The summed E-state index contributed by atoms with van der Waals surface area (Å²) < 4.78 is 27.8. The van der Waals surface area contributed by atoms with E-state index in [9.17, 15) is 0 Å². The molecule has 0 spiro atoms. The van der Waals surface area contributed by atoms with E-state index < -0.39 is 0 Å². The second kappa shape index (κ2) is 8.98. The van der Waals surface area contributed by atoms with Crippen LogP contribution in [0.25, 0.3) is 22.2 Å². The Balaban J connectivity index is 1.58. The maximum atomic E-state index is 6.22. The number of fused-ring (bicyclic) bond motifs is 4. The van der Waals surface area contributed by atoms with Crippen LogP contribution in [0.15, 0.2) is 30.6 Å². The first kappa shape index (κ1) is 20.5. The molecule has 5 rings (SSSR count). The fourth-order valence-corrected chi connectivity index (χ4v) is 4.15. The molecule has 1 saturated heterocycles. The van der Waals surface area contributed by atoms with Gasteiger partial charge in [-0.05, 0) is 51.3 Å². The third-order valence-electron chi connectivity index (χ3n) is 6.07. The predicted molar refractivity (Wildman–Crippen MR) is 116 cm³/mol. The molecule has 8 nitrogen and oxygen atoms in total. The zero-order valence-electron chi connectivity index (χ0n) is 18.2. The number of hydrogen-bond acceptors (Lipinski definition) is 6. The van der Waals surface area contributed by atoms with Gasteiger partial charge in [0.05, 0.1) is 44.2 Å². The standard InChI is InChI=1S/C23H30N4O4/c1-16-17(2)31-19-6-7-21-20(13-19)23(25-27(21)22-5-3-4-9-30-22)18-14-24-26(15-18)8-10-28-11-12-29-16/h6-7,13-17,22H,3-5,8-12H2,1-2H3. The molecule has 2 aliphatic heterocycles. The molecule has 2 aromatic heterocycles.